The van der Waals surface area contributed by atoms with Crippen molar-refractivity contribution in [2.75, 3.05) is 6.61 Å². The second-order valence-electron chi connectivity index (χ2n) is 9.91. The van der Waals surface area contributed by atoms with Crippen LogP contribution in [0.15, 0.2) is 54.6 Å². The highest BCUT2D eigenvalue weighted by molar-refractivity contribution is 5.72. The van der Waals surface area contributed by atoms with Gasteiger partial charge < -0.3 is 4.74 Å². The van der Waals surface area contributed by atoms with Gasteiger partial charge in [0.25, 0.3) is 0 Å². The predicted octanol–water partition coefficient (Wildman–Crippen LogP) is 10.7. The van der Waals surface area contributed by atoms with E-state index in [0.717, 1.165) is 37.7 Å². The van der Waals surface area contributed by atoms with Crippen LogP contribution in [-0.4, -0.2) is 6.61 Å². The van der Waals surface area contributed by atoms with E-state index in [0.29, 0.717) is 12.2 Å². The molecule has 0 aliphatic rings. The molecule has 3 rings (SSSR count). The number of aryl methyl sites for hydroxylation is 1. The average Bonchev–Trinajstić information content (AvgIpc) is 2.91. The van der Waals surface area contributed by atoms with Crippen LogP contribution in [0.5, 0.6) is 5.75 Å². The summed E-state index contributed by atoms with van der Waals surface area (Å²) < 4.78 is 50.1. The molecule has 0 atom stereocenters. The van der Waals surface area contributed by atoms with E-state index in [1.165, 1.54) is 74.8 Å². The lowest BCUT2D eigenvalue weighted by molar-refractivity contribution is 0.285. The van der Waals surface area contributed by atoms with Crippen molar-refractivity contribution < 1.29 is 17.9 Å². The van der Waals surface area contributed by atoms with Crippen LogP contribution in [-0.2, 0) is 6.42 Å². The van der Waals surface area contributed by atoms with Crippen LogP contribution in [0.25, 0.3) is 22.3 Å². The number of unbranched alkanes of at least 4 members (excludes halogenated alkanes) is 9. The first-order valence-electron chi connectivity index (χ1n) is 14.0. The molecule has 0 fully saturated rings. The maximum atomic E-state index is 15.0. The Morgan fingerprint density at radius 1 is 0.568 bits per heavy atom. The zero-order chi connectivity index (χ0) is 26.5. The highest BCUT2D eigenvalue weighted by atomic mass is 19.2. The van der Waals surface area contributed by atoms with Crippen LogP contribution in [0.4, 0.5) is 13.2 Å². The van der Waals surface area contributed by atoms with Gasteiger partial charge in [-0.05, 0) is 54.2 Å². The fraction of sp³-hybridized carbons (Fsp3) is 0.455. The SMILES string of the molecule is CCCCCCCCCCOc1ccc(-c2ccc(-c3ccc(CCCCC)cc3)cc2F)c(F)c1F. The third kappa shape index (κ3) is 8.66. The largest absolute Gasteiger partial charge is 0.490 e. The van der Waals surface area contributed by atoms with Crippen molar-refractivity contribution in [1.82, 2.24) is 0 Å². The van der Waals surface area contributed by atoms with Crippen molar-refractivity contribution >= 4 is 0 Å². The van der Waals surface area contributed by atoms with Crippen molar-refractivity contribution in [1.29, 1.82) is 0 Å². The highest BCUT2D eigenvalue weighted by Gasteiger charge is 2.18. The minimum atomic E-state index is -1.09. The Kier molecular flexibility index (Phi) is 12.1. The van der Waals surface area contributed by atoms with Gasteiger partial charge in [-0.2, -0.15) is 4.39 Å². The Bertz CT molecular complexity index is 1090. The summed E-state index contributed by atoms with van der Waals surface area (Å²) in [6.45, 7) is 4.72. The summed E-state index contributed by atoms with van der Waals surface area (Å²) in [5.41, 5.74) is 2.78. The smallest absolute Gasteiger partial charge is 0.201 e. The number of rotatable bonds is 16. The number of halogens is 3. The quantitative estimate of drug-likeness (QED) is 0.174. The lowest BCUT2D eigenvalue weighted by atomic mass is 9.97. The molecule has 4 heteroatoms. The van der Waals surface area contributed by atoms with Crippen LogP contribution in [0.2, 0.25) is 0 Å². The molecule has 0 amide bonds. The van der Waals surface area contributed by atoms with Crippen LogP contribution in [0.3, 0.4) is 0 Å². The number of hydrogen-bond acceptors (Lipinski definition) is 1. The molecule has 0 saturated carbocycles. The molecule has 3 aromatic carbocycles. The summed E-state index contributed by atoms with van der Waals surface area (Å²) in [6.07, 6.45) is 13.8. The molecule has 0 aliphatic carbocycles. The van der Waals surface area contributed by atoms with Crippen molar-refractivity contribution in [3.05, 3.63) is 77.6 Å². The Labute approximate surface area is 221 Å². The van der Waals surface area contributed by atoms with Gasteiger partial charge in [0.2, 0.25) is 5.82 Å². The molecule has 0 saturated heterocycles. The summed E-state index contributed by atoms with van der Waals surface area (Å²) in [5, 5.41) is 0. The lowest BCUT2D eigenvalue weighted by Gasteiger charge is -2.12. The van der Waals surface area contributed by atoms with Gasteiger partial charge in [0.1, 0.15) is 5.82 Å². The molecular formula is C33H41F3O. The molecule has 0 radical (unpaired) electrons. The van der Waals surface area contributed by atoms with Gasteiger partial charge in [-0.15, -0.1) is 0 Å². The first-order chi connectivity index (χ1) is 18.0. The average molecular weight is 511 g/mol. The molecule has 0 N–H and O–H groups in total. The maximum Gasteiger partial charge on any atom is 0.201 e. The van der Waals surface area contributed by atoms with Crippen LogP contribution in [0.1, 0.15) is 90.0 Å². The second kappa shape index (κ2) is 15.5. The molecule has 37 heavy (non-hydrogen) atoms. The van der Waals surface area contributed by atoms with Gasteiger partial charge >= 0.3 is 0 Å². The monoisotopic (exact) mass is 510 g/mol. The molecule has 1 nitrogen and oxygen atoms in total. The standard InChI is InChI=1S/C33H41F3O/c1-3-5-7-8-9-10-11-13-23-37-31-22-21-29(32(35)33(31)36)28-20-19-27(24-30(28)34)26-17-15-25(16-18-26)14-12-6-4-2/h15-22,24H,3-14,23H2,1-2H3. The van der Waals surface area contributed by atoms with E-state index in [2.05, 4.69) is 26.0 Å². The Balaban J connectivity index is 1.58. The van der Waals surface area contributed by atoms with E-state index in [-0.39, 0.29) is 16.9 Å². The van der Waals surface area contributed by atoms with Crippen LogP contribution >= 0.6 is 0 Å². The lowest BCUT2D eigenvalue weighted by Crippen LogP contribution is -2.02. The van der Waals surface area contributed by atoms with Gasteiger partial charge in [-0.1, -0.05) is 108 Å². The van der Waals surface area contributed by atoms with E-state index >= 15 is 4.39 Å². The number of benzene rings is 3. The van der Waals surface area contributed by atoms with Crippen LogP contribution < -0.4 is 4.74 Å². The predicted molar refractivity (Wildman–Crippen MR) is 149 cm³/mol. The first kappa shape index (κ1) is 28.8. The van der Waals surface area contributed by atoms with Gasteiger partial charge in [0.05, 0.1) is 6.61 Å². The molecule has 0 spiro atoms. The summed E-state index contributed by atoms with van der Waals surface area (Å²) >= 11 is 0. The molecule has 200 valence electrons. The third-order valence-corrected chi connectivity index (χ3v) is 6.92. The molecule has 3 aromatic rings. The summed E-state index contributed by atoms with van der Waals surface area (Å²) in [4.78, 5) is 0. The zero-order valence-corrected chi connectivity index (χ0v) is 22.4. The Morgan fingerprint density at radius 2 is 1.16 bits per heavy atom. The van der Waals surface area contributed by atoms with Crippen molar-refractivity contribution in [3.8, 4) is 28.0 Å². The van der Waals surface area contributed by atoms with Crippen LogP contribution in [0, 0.1) is 17.5 Å². The minimum Gasteiger partial charge on any atom is -0.490 e. The van der Waals surface area contributed by atoms with E-state index in [1.807, 2.05) is 12.1 Å². The normalized spacial score (nSPS) is 11.2. The Morgan fingerprint density at radius 3 is 1.84 bits per heavy atom. The third-order valence-electron chi connectivity index (χ3n) is 6.92. The van der Waals surface area contributed by atoms with Gasteiger partial charge in [-0.25, -0.2) is 8.78 Å². The van der Waals surface area contributed by atoms with E-state index in [1.54, 1.807) is 6.07 Å². The molecule has 0 heterocycles. The fourth-order valence-electron chi connectivity index (χ4n) is 4.63. The molecule has 0 aromatic heterocycles. The summed E-state index contributed by atoms with van der Waals surface area (Å²) in [5.74, 6) is -2.87. The van der Waals surface area contributed by atoms with Gasteiger partial charge in [0, 0.05) is 11.1 Å². The zero-order valence-electron chi connectivity index (χ0n) is 22.4. The van der Waals surface area contributed by atoms with Gasteiger partial charge in [0.15, 0.2) is 11.6 Å². The van der Waals surface area contributed by atoms with Crippen molar-refractivity contribution in [2.24, 2.45) is 0 Å². The summed E-state index contributed by atoms with van der Waals surface area (Å²) in [7, 11) is 0. The summed E-state index contributed by atoms with van der Waals surface area (Å²) in [6, 6.07) is 15.5. The Hall–Kier alpha value is -2.75. The van der Waals surface area contributed by atoms with E-state index in [4.69, 9.17) is 4.74 Å². The topological polar surface area (TPSA) is 9.23 Å². The molecule has 0 bridgehead atoms. The number of ether oxygens (including phenoxy) is 1. The highest BCUT2D eigenvalue weighted by Crippen LogP contribution is 2.33. The maximum absolute atomic E-state index is 15.0. The minimum absolute atomic E-state index is 0.0333. The van der Waals surface area contributed by atoms with Crippen molar-refractivity contribution in [3.63, 3.8) is 0 Å². The first-order valence-corrected chi connectivity index (χ1v) is 14.0. The molecule has 0 unspecified atom stereocenters. The van der Waals surface area contributed by atoms with E-state index in [9.17, 15) is 8.78 Å². The molecular weight excluding hydrogens is 469 g/mol. The molecule has 0 aliphatic heterocycles. The van der Waals surface area contributed by atoms with Gasteiger partial charge in [-0.3, -0.25) is 0 Å². The second-order valence-corrected chi connectivity index (χ2v) is 9.91. The van der Waals surface area contributed by atoms with E-state index < -0.39 is 17.5 Å². The fourth-order valence-corrected chi connectivity index (χ4v) is 4.63. The van der Waals surface area contributed by atoms with Crippen molar-refractivity contribution in [2.45, 2.75) is 90.9 Å². The number of hydrogen-bond donors (Lipinski definition) is 0.